The van der Waals surface area contributed by atoms with Gasteiger partial charge >= 0.3 is 0 Å². The van der Waals surface area contributed by atoms with E-state index in [1.165, 1.54) is 7.11 Å². The second kappa shape index (κ2) is 20.9. The summed E-state index contributed by atoms with van der Waals surface area (Å²) in [5.74, 6) is 3.50. The summed E-state index contributed by atoms with van der Waals surface area (Å²) in [5, 5.41) is 15.0. The van der Waals surface area contributed by atoms with Crippen molar-refractivity contribution in [2.24, 2.45) is 11.6 Å². The fourth-order valence-electron chi connectivity index (χ4n) is 1.49. The highest BCUT2D eigenvalue weighted by atomic mass is 17.3. The van der Waals surface area contributed by atoms with Crippen LogP contribution in [0.1, 0.15) is 19.3 Å². The molecular weight excluding hydrogens is 264 g/mol. The van der Waals surface area contributed by atoms with Gasteiger partial charge in [-0.05, 0) is 52.5 Å². The molecule has 0 aromatic rings. The first-order valence-corrected chi connectivity index (χ1v) is 6.86. The Hall–Kier alpha value is -0.360. The second-order valence-electron chi connectivity index (χ2n) is 4.03. The summed E-state index contributed by atoms with van der Waals surface area (Å²) >= 11 is 0. The maximum atomic E-state index is 6.50. The van der Waals surface area contributed by atoms with Crippen LogP contribution < -0.4 is 27.9 Å². The van der Waals surface area contributed by atoms with Crippen LogP contribution in [0.4, 0.5) is 0 Å². The molecule has 124 valence electrons. The summed E-state index contributed by atoms with van der Waals surface area (Å²) in [7, 11) is 3.44. The zero-order chi connectivity index (χ0) is 15.5. The molecule has 0 radical (unpaired) electrons. The van der Waals surface area contributed by atoms with E-state index < -0.39 is 0 Å². The van der Waals surface area contributed by atoms with E-state index >= 15 is 0 Å². The molecule has 0 aromatic heterocycles. The number of hydrazine groups is 1. The van der Waals surface area contributed by atoms with Crippen LogP contribution in [-0.2, 0) is 9.88 Å². The van der Waals surface area contributed by atoms with Crippen LogP contribution in [-0.4, -0.2) is 63.6 Å². The Morgan fingerprint density at radius 1 is 1.05 bits per heavy atom. The molecule has 0 heterocycles. The van der Waals surface area contributed by atoms with Gasteiger partial charge in [0, 0.05) is 13.1 Å². The molecule has 9 heteroatoms. The van der Waals surface area contributed by atoms with Crippen molar-refractivity contribution < 1.29 is 15.1 Å². The fourth-order valence-corrected chi connectivity index (χ4v) is 1.49. The third-order valence-corrected chi connectivity index (χ3v) is 2.44. The summed E-state index contributed by atoms with van der Waals surface area (Å²) in [6.07, 6.45) is 3.12. The van der Waals surface area contributed by atoms with Crippen LogP contribution in [0.2, 0.25) is 0 Å². The number of nitrogens with two attached hydrogens (primary N) is 2. The lowest BCUT2D eigenvalue weighted by atomic mass is 10.3. The van der Waals surface area contributed by atoms with Crippen molar-refractivity contribution in [2.75, 3.05) is 53.4 Å². The van der Waals surface area contributed by atoms with Crippen molar-refractivity contribution in [3.8, 4) is 0 Å². The first-order chi connectivity index (χ1) is 9.85. The highest BCUT2D eigenvalue weighted by Crippen LogP contribution is 1.90. The van der Waals surface area contributed by atoms with E-state index in [1.54, 1.807) is 0 Å². The molecule has 0 rings (SSSR count). The minimum absolute atomic E-state index is 0.674. The van der Waals surface area contributed by atoms with Crippen molar-refractivity contribution in [2.45, 2.75) is 19.3 Å². The molecule has 0 amide bonds. The third kappa shape index (κ3) is 17.6. The quantitative estimate of drug-likeness (QED) is 0.130. The largest absolute Gasteiger partial charge is 0.330 e. The number of rotatable bonds is 14. The summed E-state index contributed by atoms with van der Waals surface area (Å²) in [6, 6.07) is 0. The molecule has 0 aliphatic carbocycles. The molecule has 0 aliphatic heterocycles. The molecule has 0 saturated heterocycles. The van der Waals surface area contributed by atoms with Gasteiger partial charge in [0.2, 0.25) is 0 Å². The van der Waals surface area contributed by atoms with Crippen LogP contribution in [0.3, 0.4) is 0 Å². The van der Waals surface area contributed by atoms with Gasteiger partial charge in [0.25, 0.3) is 0 Å². The average Bonchev–Trinajstić information content (AvgIpc) is 2.50. The summed E-state index contributed by atoms with van der Waals surface area (Å²) in [5.41, 5.74) is 8.22. The minimum atomic E-state index is 0.674. The molecule has 0 spiro atoms. The smallest absolute Gasteiger partial charge is 0.0733 e. The van der Waals surface area contributed by atoms with Gasteiger partial charge in [0.15, 0.2) is 0 Å². The monoisotopic (exact) mass is 296 g/mol. The molecular formula is C11H32N6O3. The van der Waals surface area contributed by atoms with Crippen LogP contribution in [0.5, 0.6) is 0 Å². The van der Waals surface area contributed by atoms with Gasteiger partial charge in [-0.3, -0.25) is 0 Å². The van der Waals surface area contributed by atoms with Gasteiger partial charge in [-0.1, -0.05) is 0 Å². The Morgan fingerprint density at radius 2 is 1.70 bits per heavy atom. The number of hydrogen-bond acceptors (Lipinski definition) is 9. The van der Waals surface area contributed by atoms with Crippen LogP contribution in [0.25, 0.3) is 0 Å². The fraction of sp³-hybridized carbons (Fsp3) is 1.00. The van der Waals surface area contributed by atoms with Crippen LogP contribution in [0, 0.1) is 0 Å². The zero-order valence-corrected chi connectivity index (χ0v) is 12.7. The lowest BCUT2D eigenvalue weighted by Gasteiger charge is -2.21. The SMILES string of the molecule is CNCCCNCCCN(CCCN)NOOC.NO. The zero-order valence-electron chi connectivity index (χ0n) is 12.7. The number of nitrogens with one attached hydrogen (secondary N) is 3. The molecule has 0 fully saturated rings. The Labute approximate surface area is 121 Å². The van der Waals surface area contributed by atoms with Crippen LogP contribution in [0.15, 0.2) is 0 Å². The Morgan fingerprint density at radius 3 is 2.30 bits per heavy atom. The predicted octanol–water partition coefficient (Wildman–Crippen LogP) is -1.44. The molecule has 0 bridgehead atoms. The molecule has 0 atom stereocenters. The highest BCUT2D eigenvalue weighted by Gasteiger charge is 2.03. The molecule has 20 heavy (non-hydrogen) atoms. The lowest BCUT2D eigenvalue weighted by Crippen LogP contribution is -2.40. The second-order valence-corrected chi connectivity index (χ2v) is 4.03. The van der Waals surface area contributed by atoms with E-state index in [4.69, 9.17) is 15.9 Å². The van der Waals surface area contributed by atoms with Crippen molar-refractivity contribution in [1.82, 2.24) is 21.2 Å². The van der Waals surface area contributed by atoms with Crippen molar-refractivity contribution in [3.05, 3.63) is 0 Å². The van der Waals surface area contributed by atoms with E-state index in [9.17, 15) is 0 Å². The Kier molecular flexibility index (Phi) is 23.0. The minimum Gasteiger partial charge on any atom is -0.330 e. The molecule has 0 aliphatic rings. The Bertz CT molecular complexity index is 159. The average molecular weight is 296 g/mol. The first-order valence-electron chi connectivity index (χ1n) is 6.86. The molecule has 0 unspecified atom stereocenters. The standard InChI is InChI=1S/C11H29N5O2.H3NO/c1-13-7-4-8-14-9-5-11-16(10-3-6-12)15-18-17-2;1-2/h13-15H,3-12H2,1-2H3;2H,1H2. The molecule has 0 saturated carbocycles. The maximum absolute atomic E-state index is 6.50. The van der Waals surface area contributed by atoms with Crippen LogP contribution >= 0.6 is 0 Å². The summed E-state index contributed by atoms with van der Waals surface area (Å²) in [6.45, 7) is 5.51. The number of hydrogen-bond donors (Lipinski definition) is 6. The summed E-state index contributed by atoms with van der Waals surface area (Å²) < 4.78 is 0. The summed E-state index contributed by atoms with van der Waals surface area (Å²) in [4.78, 5) is 9.23. The highest BCUT2D eigenvalue weighted by molar-refractivity contribution is 4.54. The maximum Gasteiger partial charge on any atom is 0.0733 e. The molecule has 0 aromatic carbocycles. The van der Waals surface area contributed by atoms with Gasteiger partial charge in [0.05, 0.1) is 7.11 Å². The van der Waals surface area contributed by atoms with Crippen molar-refractivity contribution in [3.63, 3.8) is 0 Å². The number of nitrogens with zero attached hydrogens (tertiary/aromatic N) is 1. The molecule has 9 nitrogen and oxygen atoms in total. The predicted molar refractivity (Wildman–Crippen MR) is 78.5 cm³/mol. The van der Waals surface area contributed by atoms with E-state index in [0.717, 1.165) is 52.0 Å². The first kappa shape index (κ1) is 21.9. The van der Waals surface area contributed by atoms with E-state index in [0.29, 0.717) is 6.54 Å². The van der Waals surface area contributed by atoms with Crippen molar-refractivity contribution >= 4 is 0 Å². The van der Waals surface area contributed by atoms with Crippen molar-refractivity contribution in [1.29, 1.82) is 0 Å². The van der Waals surface area contributed by atoms with E-state index in [2.05, 4.69) is 27.0 Å². The van der Waals surface area contributed by atoms with Gasteiger partial charge < -0.3 is 21.6 Å². The van der Waals surface area contributed by atoms with Gasteiger partial charge in [-0.15, -0.1) is 10.6 Å². The molecule has 8 N–H and O–H groups in total. The van der Waals surface area contributed by atoms with Gasteiger partial charge in [-0.2, -0.15) is 0 Å². The van der Waals surface area contributed by atoms with E-state index in [1.807, 2.05) is 12.1 Å². The van der Waals surface area contributed by atoms with Gasteiger partial charge in [0.1, 0.15) is 0 Å². The Balaban J connectivity index is 0. The van der Waals surface area contributed by atoms with E-state index in [-0.39, 0.29) is 0 Å². The topological polar surface area (TPSA) is 130 Å². The third-order valence-electron chi connectivity index (χ3n) is 2.44. The normalized spacial score (nSPS) is 10.5. The lowest BCUT2D eigenvalue weighted by molar-refractivity contribution is -0.353. The van der Waals surface area contributed by atoms with Gasteiger partial charge in [-0.25, -0.2) is 15.8 Å².